The summed E-state index contributed by atoms with van der Waals surface area (Å²) in [7, 11) is -10.1. The number of phosphoric acid groups is 2. The summed E-state index contributed by atoms with van der Waals surface area (Å²) >= 11 is 0. The van der Waals surface area contributed by atoms with Gasteiger partial charge in [0.25, 0.3) is 0 Å². The van der Waals surface area contributed by atoms with Crippen molar-refractivity contribution in [3.8, 4) is 0 Å². The first-order valence-corrected chi connectivity index (χ1v) is 4.59. The van der Waals surface area contributed by atoms with Gasteiger partial charge in [0.1, 0.15) is 0 Å². The van der Waals surface area contributed by atoms with Crippen LogP contribution in [0.1, 0.15) is 0 Å². The van der Waals surface area contributed by atoms with Gasteiger partial charge in [0, 0.05) is 0 Å². The Balaban J connectivity index is -0.0000000533. The van der Waals surface area contributed by atoms with E-state index in [1.54, 1.807) is 0 Å². The maximum Gasteiger partial charge on any atom is 0.316 e. The molecular weight excluding hydrogens is 266 g/mol. The fourth-order valence-corrected chi connectivity index (χ4v) is 1.25. The Bertz CT molecular complexity index is 165. The summed E-state index contributed by atoms with van der Waals surface area (Å²) in [6.07, 6.45) is 0. The van der Waals surface area contributed by atoms with Gasteiger partial charge in [0.2, 0.25) is 0 Å². The minimum Gasteiger partial charge on any atom is 0.316 e. The third-order valence-corrected chi connectivity index (χ3v) is 1.91. The van der Waals surface area contributed by atoms with Crippen molar-refractivity contribution in [1.82, 2.24) is 12.3 Å². The second-order valence-corrected chi connectivity index (χ2v) is 3.68. The SMILES string of the molecule is N.N.O=P(O)(O)OP(=O)(O)O.[CaH2].[MgH2]. The zero-order valence-electron chi connectivity index (χ0n) is 5.32. The van der Waals surface area contributed by atoms with Gasteiger partial charge < -0.3 is 31.9 Å². The van der Waals surface area contributed by atoms with Gasteiger partial charge in [-0.25, -0.2) is 9.13 Å². The largest absolute Gasteiger partial charge is 0.316 e. The zero-order valence-corrected chi connectivity index (χ0v) is 7.11. The molecule has 0 bridgehead atoms. The van der Waals surface area contributed by atoms with E-state index >= 15 is 0 Å². The van der Waals surface area contributed by atoms with Crippen molar-refractivity contribution in [1.29, 1.82) is 0 Å². The Morgan fingerprint density at radius 2 is 1.00 bits per heavy atom. The van der Waals surface area contributed by atoms with E-state index in [1.165, 1.54) is 0 Å². The van der Waals surface area contributed by atoms with Crippen molar-refractivity contribution < 1.29 is 33.0 Å². The molecule has 0 aliphatic rings. The van der Waals surface area contributed by atoms with Gasteiger partial charge in [-0.3, -0.25) is 0 Å². The van der Waals surface area contributed by atoms with Crippen molar-refractivity contribution in [2.75, 3.05) is 0 Å². The molecule has 0 saturated heterocycles. The van der Waals surface area contributed by atoms with Crippen LogP contribution in [0.3, 0.4) is 0 Å². The quantitative estimate of drug-likeness (QED) is 0.237. The summed E-state index contributed by atoms with van der Waals surface area (Å²) < 4.78 is 22.2. The molecule has 10 N–H and O–H groups in total. The van der Waals surface area contributed by atoms with Crippen molar-refractivity contribution in [2.24, 2.45) is 0 Å². The molecule has 0 amide bonds. The van der Waals surface area contributed by atoms with Crippen molar-refractivity contribution in [3.63, 3.8) is 0 Å². The molecule has 0 aromatic rings. The van der Waals surface area contributed by atoms with Gasteiger partial charge in [-0.2, -0.15) is 4.31 Å². The normalized spacial score (nSPS) is 9.54. The smallest absolute Gasteiger partial charge is 0.316 e. The molecule has 0 aromatic heterocycles. The maximum atomic E-state index is 9.63. The molecule has 0 heterocycles. The Morgan fingerprint density at radius 3 is 1.00 bits per heavy atom. The van der Waals surface area contributed by atoms with Crippen LogP contribution in [0.4, 0.5) is 0 Å². The van der Waals surface area contributed by atoms with Gasteiger partial charge in [0.15, 0.2) is 0 Å². The first-order valence-electron chi connectivity index (χ1n) is 1.53. The van der Waals surface area contributed by atoms with Gasteiger partial charge in [-0.15, -0.1) is 0 Å². The summed E-state index contributed by atoms with van der Waals surface area (Å²) in [5, 5.41) is 0. The molecule has 0 aliphatic carbocycles. The van der Waals surface area contributed by atoms with Gasteiger partial charge >= 0.3 is 76.4 Å². The van der Waals surface area contributed by atoms with E-state index in [4.69, 9.17) is 19.6 Å². The first kappa shape index (κ1) is 29.5. The predicted octanol–water partition coefficient (Wildman–Crippen LogP) is -2.32. The second kappa shape index (κ2) is 10.7. The first-order chi connectivity index (χ1) is 3.71. The fourth-order valence-electron chi connectivity index (χ4n) is 0.139. The van der Waals surface area contributed by atoms with E-state index in [0.29, 0.717) is 0 Å². The van der Waals surface area contributed by atoms with E-state index in [0.717, 1.165) is 0 Å². The molecular formula is H14CaMgN2O7P2. The molecule has 0 aliphatic heterocycles. The summed E-state index contributed by atoms with van der Waals surface area (Å²) in [5.41, 5.74) is 0. The number of hydrogen-bond acceptors (Lipinski definition) is 5. The summed E-state index contributed by atoms with van der Waals surface area (Å²) in [6, 6.07) is 0. The average molecular weight is 280 g/mol. The minimum absolute atomic E-state index is 0. The Kier molecular flexibility index (Phi) is 24.3. The van der Waals surface area contributed by atoms with Crippen molar-refractivity contribution in [3.05, 3.63) is 0 Å². The van der Waals surface area contributed by atoms with Crippen molar-refractivity contribution in [2.45, 2.75) is 0 Å². The van der Waals surface area contributed by atoms with Gasteiger partial charge in [0.05, 0.1) is 0 Å². The maximum absolute atomic E-state index is 9.63. The molecule has 0 saturated carbocycles. The Labute approximate surface area is 120 Å². The van der Waals surface area contributed by atoms with Crippen molar-refractivity contribution >= 4 is 76.4 Å². The van der Waals surface area contributed by atoms with E-state index in [2.05, 4.69) is 4.31 Å². The summed E-state index contributed by atoms with van der Waals surface area (Å²) in [5.74, 6) is 0. The van der Waals surface area contributed by atoms with E-state index in [-0.39, 0.29) is 73.1 Å². The van der Waals surface area contributed by atoms with E-state index in [1.807, 2.05) is 0 Å². The topological polar surface area (TPSA) is 194 Å². The van der Waals surface area contributed by atoms with Crippen LogP contribution in [0.15, 0.2) is 0 Å². The van der Waals surface area contributed by atoms with Crippen LogP contribution in [0.5, 0.6) is 0 Å². The molecule has 9 nitrogen and oxygen atoms in total. The number of hydrogen-bond donors (Lipinski definition) is 6. The third-order valence-electron chi connectivity index (χ3n) is 0.213. The van der Waals surface area contributed by atoms with Crippen LogP contribution >= 0.6 is 15.6 Å². The van der Waals surface area contributed by atoms with E-state index in [9.17, 15) is 9.13 Å². The Morgan fingerprint density at radius 1 is 0.846 bits per heavy atom. The van der Waals surface area contributed by atoms with Crippen LogP contribution in [0.25, 0.3) is 0 Å². The van der Waals surface area contributed by atoms with Crippen LogP contribution in [0.2, 0.25) is 0 Å². The molecule has 0 atom stereocenters. The molecule has 0 unspecified atom stereocenters. The molecule has 13 heteroatoms. The molecule has 0 radical (unpaired) electrons. The monoisotopic (exact) mass is 280 g/mol. The number of rotatable bonds is 2. The van der Waals surface area contributed by atoms with Crippen LogP contribution in [0, 0.1) is 0 Å². The van der Waals surface area contributed by atoms with Crippen LogP contribution in [-0.2, 0) is 13.4 Å². The van der Waals surface area contributed by atoms with Crippen LogP contribution in [-0.4, -0.2) is 80.4 Å². The predicted molar refractivity (Wildman–Crippen MR) is 52.3 cm³/mol. The van der Waals surface area contributed by atoms with Crippen LogP contribution < -0.4 is 12.3 Å². The standard InChI is InChI=1S/Ca.Mg.2H3N.H4O7P2.4H/c;;;;1-8(2,3)7-9(4,5)6;;;;/h;;2*1H3;(H2,1,2,3)(H2,4,5,6);;;;. The molecule has 0 rings (SSSR count). The molecule has 0 aromatic carbocycles. The summed E-state index contributed by atoms with van der Waals surface area (Å²) in [6.45, 7) is 0. The van der Waals surface area contributed by atoms with Gasteiger partial charge in [-0.05, 0) is 0 Å². The minimum atomic E-state index is -5.05. The zero-order chi connectivity index (χ0) is 7.71. The second-order valence-electron chi connectivity index (χ2n) is 1.06. The molecule has 80 valence electrons. The Hall–Kier alpha value is 2.21. The molecule has 0 spiro atoms. The van der Waals surface area contributed by atoms with E-state index < -0.39 is 15.6 Å². The average Bonchev–Trinajstić information content (AvgIpc) is 1.14. The molecule has 0 fully saturated rings. The third kappa shape index (κ3) is 31.4. The summed E-state index contributed by atoms with van der Waals surface area (Å²) in [4.78, 5) is 31.0. The van der Waals surface area contributed by atoms with Gasteiger partial charge in [-0.1, -0.05) is 0 Å². The fraction of sp³-hybridized carbons (Fsp3) is 0. The molecule has 13 heavy (non-hydrogen) atoms.